The highest BCUT2D eigenvalue weighted by atomic mass is 32.3. The Bertz CT molecular complexity index is 615. The minimum atomic E-state index is -4.41. The first-order valence-electron chi connectivity index (χ1n) is 20.0. The summed E-state index contributed by atoms with van der Waals surface area (Å²) in [4.78, 5) is 0. The summed E-state index contributed by atoms with van der Waals surface area (Å²) < 4.78 is 32.3. The van der Waals surface area contributed by atoms with Crippen LogP contribution in [0, 0.1) is 0 Å². The van der Waals surface area contributed by atoms with Gasteiger partial charge in [0.2, 0.25) is 10.4 Å². The van der Waals surface area contributed by atoms with Crippen LogP contribution in [0.2, 0.25) is 0 Å². The van der Waals surface area contributed by atoms with Gasteiger partial charge in [0.1, 0.15) is 0 Å². The highest BCUT2D eigenvalue weighted by Crippen LogP contribution is 2.16. The standard InChI is InChI=1S/C38H80N.CH4O4S/c1-5-7-9-11-13-15-17-19-21-23-25-27-29-31-33-35-37-39(3,4)38-36-34-32-30-28-26-24-22-20-18-16-14-12-10-8-6-2;1-5-6(2,3)4/h5-38H2,1-4H3;1H3,(H,2,3,4)/q+1;/p-1. The number of rotatable bonds is 35. The molecule has 0 aliphatic rings. The third kappa shape index (κ3) is 46.0. The van der Waals surface area contributed by atoms with Crippen molar-refractivity contribution in [1.82, 2.24) is 0 Å². The lowest BCUT2D eigenvalue weighted by Crippen LogP contribution is -2.41. The van der Waals surface area contributed by atoms with E-state index in [-0.39, 0.29) is 0 Å². The average Bonchev–Trinajstić information content (AvgIpc) is 3.00. The highest BCUT2D eigenvalue weighted by molar-refractivity contribution is 7.80. The Kier molecular flexibility index (Phi) is 38.2. The molecule has 0 aromatic rings. The summed E-state index contributed by atoms with van der Waals surface area (Å²) in [5.41, 5.74) is 0. The summed E-state index contributed by atoms with van der Waals surface area (Å²) in [6, 6.07) is 0. The minimum absolute atomic E-state index is 0.808. The van der Waals surface area contributed by atoms with E-state index in [0.29, 0.717) is 0 Å². The molecule has 6 heteroatoms. The Morgan fingerprint density at radius 2 is 0.556 bits per heavy atom. The van der Waals surface area contributed by atoms with E-state index in [4.69, 9.17) is 0 Å². The second-order valence-electron chi connectivity index (χ2n) is 14.6. The summed E-state index contributed by atoms with van der Waals surface area (Å²) in [6.07, 6.45) is 46.9. The first-order chi connectivity index (χ1) is 21.7. The molecule has 0 aliphatic heterocycles. The number of unbranched alkanes of at least 4 members (excludes halogenated alkanes) is 30. The molecule has 0 bridgehead atoms. The maximum absolute atomic E-state index is 9.22. The van der Waals surface area contributed by atoms with Crippen LogP contribution in [0.4, 0.5) is 0 Å². The zero-order valence-corrected chi connectivity index (χ0v) is 32.3. The molecule has 0 amide bonds. The lowest BCUT2D eigenvalue weighted by molar-refractivity contribution is -0.890. The van der Waals surface area contributed by atoms with Crippen molar-refractivity contribution < 1.29 is 21.6 Å². The van der Waals surface area contributed by atoms with Gasteiger partial charge in [0.05, 0.1) is 34.3 Å². The van der Waals surface area contributed by atoms with Crippen LogP contribution in [0.3, 0.4) is 0 Å². The molecule has 0 atom stereocenters. The average molecular weight is 662 g/mol. The number of nitrogens with zero attached hydrogens (tertiary/aromatic N) is 1. The Morgan fingerprint density at radius 3 is 0.711 bits per heavy atom. The zero-order valence-electron chi connectivity index (χ0n) is 31.5. The third-order valence-electron chi connectivity index (χ3n) is 9.44. The van der Waals surface area contributed by atoms with E-state index in [1.54, 1.807) is 0 Å². The topological polar surface area (TPSA) is 66.4 Å². The van der Waals surface area contributed by atoms with Crippen molar-refractivity contribution in [1.29, 1.82) is 0 Å². The summed E-state index contributed by atoms with van der Waals surface area (Å²) in [7, 11) is 1.33. The van der Waals surface area contributed by atoms with E-state index in [1.165, 1.54) is 223 Å². The molecule has 5 nitrogen and oxygen atoms in total. The van der Waals surface area contributed by atoms with Gasteiger partial charge in [-0.05, 0) is 25.7 Å². The van der Waals surface area contributed by atoms with Gasteiger partial charge in [-0.15, -0.1) is 0 Å². The van der Waals surface area contributed by atoms with Gasteiger partial charge in [-0.1, -0.05) is 194 Å². The fraction of sp³-hybridized carbons (Fsp3) is 1.00. The van der Waals surface area contributed by atoms with Gasteiger partial charge in [0.25, 0.3) is 0 Å². The maximum atomic E-state index is 9.22. The summed E-state index contributed by atoms with van der Waals surface area (Å²) in [5, 5.41) is 0. The molecule has 0 heterocycles. The summed E-state index contributed by atoms with van der Waals surface area (Å²) >= 11 is 0. The van der Waals surface area contributed by atoms with E-state index in [0.717, 1.165) is 7.11 Å². The third-order valence-corrected chi connectivity index (χ3v) is 9.85. The minimum Gasteiger partial charge on any atom is -0.726 e. The Labute approximate surface area is 285 Å². The second kappa shape index (κ2) is 36.7. The van der Waals surface area contributed by atoms with Crippen LogP contribution in [0.1, 0.15) is 219 Å². The largest absolute Gasteiger partial charge is 0.726 e. The number of quaternary nitrogens is 1. The molecular weight excluding hydrogens is 578 g/mol. The summed E-state index contributed by atoms with van der Waals surface area (Å²) in [5.74, 6) is 0. The van der Waals surface area contributed by atoms with Gasteiger partial charge in [0.15, 0.2) is 0 Å². The van der Waals surface area contributed by atoms with Gasteiger partial charge >= 0.3 is 0 Å². The normalized spacial score (nSPS) is 12.0. The van der Waals surface area contributed by atoms with Crippen molar-refractivity contribution in [2.75, 3.05) is 34.3 Å². The molecule has 0 fully saturated rings. The van der Waals surface area contributed by atoms with E-state index < -0.39 is 10.4 Å². The Morgan fingerprint density at radius 1 is 0.400 bits per heavy atom. The zero-order chi connectivity index (χ0) is 33.7. The first kappa shape index (κ1) is 46.9. The maximum Gasteiger partial charge on any atom is 0.217 e. The van der Waals surface area contributed by atoms with Crippen LogP contribution in [0.5, 0.6) is 0 Å². The lowest BCUT2D eigenvalue weighted by Gasteiger charge is -2.30. The van der Waals surface area contributed by atoms with Gasteiger partial charge < -0.3 is 9.04 Å². The molecule has 0 aromatic carbocycles. The second-order valence-corrected chi connectivity index (χ2v) is 15.7. The van der Waals surface area contributed by atoms with Crippen LogP contribution in [0.15, 0.2) is 0 Å². The smallest absolute Gasteiger partial charge is 0.217 e. The van der Waals surface area contributed by atoms with Crippen molar-refractivity contribution in [2.45, 2.75) is 219 Å². The molecule has 274 valence electrons. The SMILES string of the molecule is CCCCCCCCCCCCCCCCCC[N+](C)(C)CCCCCCCCCCCCCCCCCC.COS(=O)(=O)[O-]. The van der Waals surface area contributed by atoms with E-state index >= 15 is 0 Å². The van der Waals surface area contributed by atoms with Crippen LogP contribution in [-0.2, 0) is 14.6 Å². The molecule has 0 unspecified atom stereocenters. The van der Waals surface area contributed by atoms with Crippen LogP contribution in [0.25, 0.3) is 0 Å². The molecule has 0 radical (unpaired) electrons. The van der Waals surface area contributed by atoms with Crippen LogP contribution < -0.4 is 0 Å². The molecule has 0 saturated carbocycles. The molecule has 0 N–H and O–H groups in total. The fourth-order valence-electron chi connectivity index (χ4n) is 6.29. The summed E-state index contributed by atoms with van der Waals surface area (Å²) in [6.45, 7) is 7.39. The molecule has 0 aliphatic carbocycles. The molecule has 45 heavy (non-hydrogen) atoms. The quantitative estimate of drug-likeness (QED) is 0.0293. The van der Waals surface area contributed by atoms with Gasteiger partial charge in [-0.3, -0.25) is 4.18 Å². The van der Waals surface area contributed by atoms with Gasteiger partial charge in [-0.2, -0.15) is 0 Å². The molecule has 0 spiro atoms. The number of hydrogen-bond donors (Lipinski definition) is 0. The Hall–Kier alpha value is -0.170. The van der Waals surface area contributed by atoms with Crippen molar-refractivity contribution in [3.05, 3.63) is 0 Å². The van der Waals surface area contributed by atoms with E-state index in [2.05, 4.69) is 32.1 Å². The molecule has 0 rings (SSSR count). The molecule has 0 aromatic heterocycles. The first-order valence-corrected chi connectivity index (χ1v) is 21.3. The predicted molar refractivity (Wildman–Crippen MR) is 198 cm³/mol. The van der Waals surface area contributed by atoms with Crippen LogP contribution in [-0.4, -0.2) is 51.7 Å². The van der Waals surface area contributed by atoms with Gasteiger partial charge in [0, 0.05) is 0 Å². The van der Waals surface area contributed by atoms with Crippen molar-refractivity contribution >= 4 is 10.4 Å². The monoisotopic (exact) mass is 662 g/mol. The number of hydrogen-bond acceptors (Lipinski definition) is 4. The van der Waals surface area contributed by atoms with Crippen molar-refractivity contribution in [3.8, 4) is 0 Å². The van der Waals surface area contributed by atoms with E-state index in [9.17, 15) is 13.0 Å². The van der Waals surface area contributed by atoms with Crippen molar-refractivity contribution in [3.63, 3.8) is 0 Å². The lowest BCUT2D eigenvalue weighted by atomic mass is 10.0. The molecule has 0 saturated heterocycles. The van der Waals surface area contributed by atoms with Gasteiger partial charge in [-0.25, -0.2) is 8.42 Å². The fourth-order valence-corrected chi connectivity index (χ4v) is 6.29. The Balaban J connectivity index is 0. The van der Waals surface area contributed by atoms with Crippen LogP contribution >= 0.6 is 0 Å². The predicted octanol–water partition coefficient (Wildman–Crippen LogP) is 12.7. The van der Waals surface area contributed by atoms with E-state index in [1.807, 2.05) is 0 Å². The molecular formula is C39H83NO4S. The van der Waals surface area contributed by atoms with Crippen molar-refractivity contribution in [2.24, 2.45) is 0 Å². The highest BCUT2D eigenvalue weighted by Gasteiger charge is 2.13.